The molecule has 2 heteroatoms. The average molecular weight is 200 g/mol. The third-order valence-electron chi connectivity index (χ3n) is 3.44. The summed E-state index contributed by atoms with van der Waals surface area (Å²) < 4.78 is 0. The highest BCUT2D eigenvalue weighted by Gasteiger charge is 2.32. The molecule has 1 fully saturated rings. The Morgan fingerprint density at radius 3 is 2.36 bits per heavy atom. The van der Waals surface area contributed by atoms with Crippen LogP contribution in [0.5, 0.6) is 0 Å². The van der Waals surface area contributed by atoms with E-state index >= 15 is 0 Å². The van der Waals surface area contributed by atoms with Gasteiger partial charge in [0, 0.05) is 0 Å². The Labute approximate surface area is 87.6 Å². The van der Waals surface area contributed by atoms with Gasteiger partial charge < -0.3 is 0 Å². The molecule has 84 valence electrons. The zero-order valence-electron chi connectivity index (χ0n) is 9.43. The maximum Gasteiger partial charge on any atom is 0.103 e. The van der Waals surface area contributed by atoms with E-state index in [1.807, 2.05) is 0 Å². The van der Waals surface area contributed by atoms with Crippen molar-refractivity contribution in [2.75, 3.05) is 0 Å². The lowest BCUT2D eigenvalue weighted by atomic mass is 9.81. The molecule has 0 radical (unpaired) electrons. The topological polar surface area (TPSA) is 29.5 Å². The molecule has 0 aromatic rings. The molecule has 1 aliphatic carbocycles. The van der Waals surface area contributed by atoms with Crippen LogP contribution in [-0.2, 0) is 4.89 Å². The smallest absolute Gasteiger partial charge is 0.103 e. The number of hydrogen-bond acceptors (Lipinski definition) is 2. The summed E-state index contributed by atoms with van der Waals surface area (Å²) in [4.78, 5) is 4.76. The molecule has 1 rings (SSSR count). The van der Waals surface area contributed by atoms with Crippen molar-refractivity contribution in [1.29, 1.82) is 0 Å². The quantitative estimate of drug-likeness (QED) is 0.396. The van der Waals surface area contributed by atoms with Crippen LogP contribution in [0.4, 0.5) is 0 Å². The standard InChI is InChI=1S/C12H24O2/c1-2-3-4-6-9-12(14-13)10-7-5-8-11-12/h13H,2-11H2,1H3. The van der Waals surface area contributed by atoms with Crippen LogP contribution in [-0.4, -0.2) is 10.9 Å². The molecule has 0 aromatic heterocycles. The van der Waals surface area contributed by atoms with Crippen molar-refractivity contribution in [3.8, 4) is 0 Å². The van der Waals surface area contributed by atoms with E-state index in [-0.39, 0.29) is 5.60 Å². The predicted molar refractivity (Wildman–Crippen MR) is 58.3 cm³/mol. The van der Waals surface area contributed by atoms with Gasteiger partial charge in [-0.2, -0.15) is 0 Å². The fourth-order valence-electron chi connectivity index (χ4n) is 2.46. The summed E-state index contributed by atoms with van der Waals surface area (Å²) in [5, 5.41) is 9.00. The average Bonchev–Trinajstić information content (AvgIpc) is 2.26. The Hall–Kier alpha value is -0.0800. The Balaban J connectivity index is 2.22. The van der Waals surface area contributed by atoms with Crippen LogP contribution < -0.4 is 0 Å². The highest BCUT2D eigenvalue weighted by Crippen LogP contribution is 2.35. The molecule has 0 bridgehead atoms. The maximum atomic E-state index is 9.00. The highest BCUT2D eigenvalue weighted by atomic mass is 17.1. The minimum absolute atomic E-state index is 0.175. The Morgan fingerprint density at radius 2 is 1.79 bits per heavy atom. The van der Waals surface area contributed by atoms with E-state index < -0.39 is 0 Å². The summed E-state index contributed by atoms with van der Waals surface area (Å²) in [5.74, 6) is 0. The van der Waals surface area contributed by atoms with Crippen LogP contribution in [0, 0.1) is 0 Å². The van der Waals surface area contributed by atoms with E-state index in [2.05, 4.69) is 6.92 Å². The van der Waals surface area contributed by atoms with Gasteiger partial charge in [-0.25, -0.2) is 4.89 Å². The van der Waals surface area contributed by atoms with E-state index in [0.29, 0.717) is 0 Å². The second-order valence-corrected chi connectivity index (χ2v) is 4.65. The molecule has 1 N–H and O–H groups in total. The lowest BCUT2D eigenvalue weighted by Gasteiger charge is -2.33. The zero-order chi connectivity index (χ0) is 10.3. The van der Waals surface area contributed by atoms with Crippen LogP contribution >= 0.6 is 0 Å². The van der Waals surface area contributed by atoms with Gasteiger partial charge in [-0.15, -0.1) is 0 Å². The molecule has 14 heavy (non-hydrogen) atoms. The summed E-state index contributed by atoms with van der Waals surface area (Å²) in [7, 11) is 0. The van der Waals surface area contributed by atoms with Crippen molar-refractivity contribution in [3.05, 3.63) is 0 Å². The van der Waals surface area contributed by atoms with Crippen molar-refractivity contribution >= 4 is 0 Å². The van der Waals surface area contributed by atoms with E-state index in [0.717, 1.165) is 19.3 Å². The first-order chi connectivity index (χ1) is 6.83. The molecule has 0 saturated heterocycles. The van der Waals surface area contributed by atoms with E-state index in [4.69, 9.17) is 10.1 Å². The molecule has 0 aliphatic heterocycles. The SMILES string of the molecule is CCCCCCC1(OO)CCCCC1. The van der Waals surface area contributed by atoms with Gasteiger partial charge in [-0.1, -0.05) is 51.9 Å². The molecule has 0 aromatic carbocycles. The molecule has 2 nitrogen and oxygen atoms in total. The molecule has 0 unspecified atom stereocenters. The Kier molecular flexibility index (Phi) is 5.49. The summed E-state index contributed by atoms with van der Waals surface area (Å²) in [5.41, 5.74) is -0.175. The molecule has 0 amide bonds. The maximum absolute atomic E-state index is 9.00. The Morgan fingerprint density at radius 1 is 1.07 bits per heavy atom. The first kappa shape index (κ1) is 12.0. The number of rotatable bonds is 6. The first-order valence-corrected chi connectivity index (χ1v) is 6.15. The number of hydrogen-bond donors (Lipinski definition) is 1. The summed E-state index contributed by atoms with van der Waals surface area (Å²) in [6.45, 7) is 2.22. The first-order valence-electron chi connectivity index (χ1n) is 6.15. The minimum atomic E-state index is -0.175. The predicted octanol–water partition coefficient (Wildman–Crippen LogP) is 4.15. The second kappa shape index (κ2) is 6.41. The number of unbranched alkanes of at least 4 members (excludes halogenated alkanes) is 3. The molecule has 1 aliphatic rings. The van der Waals surface area contributed by atoms with Crippen molar-refractivity contribution in [2.45, 2.75) is 76.7 Å². The zero-order valence-corrected chi connectivity index (χ0v) is 9.43. The van der Waals surface area contributed by atoms with Gasteiger partial charge in [-0.05, 0) is 19.3 Å². The third kappa shape index (κ3) is 3.58. The largest absolute Gasteiger partial charge is 0.251 e. The molecule has 0 heterocycles. The molecular weight excluding hydrogens is 176 g/mol. The van der Waals surface area contributed by atoms with Gasteiger partial charge in [0.15, 0.2) is 0 Å². The van der Waals surface area contributed by atoms with Gasteiger partial charge in [0.1, 0.15) is 5.60 Å². The van der Waals surface area contributed by atoms with Crippen LogP contribution in [0.15, 0.2) is 0 Å². The minimum Gasteiger partial charge on any atom is -0.251 e. The van der Waals surface area contributed by atoms with Gasteiger partial charge in [0.25, 0.3) is 0 Å². The van der Waals surface area contributed by atoms with E-state index in [1.165, 1.54) is 44.9 Å². The molecule has 1 saturated carbocycles. The Bertz CT molecular complexity index is 139. The highest BCUT2D eigenvalue weighted by molar-refractivity contribution is 4.83. The lowest BCUT2D eigenvalue weighted by Crippen LogP contribution is -2.33. The van der Waals surface area contributed by atoms with Crippen molar-refractivity contribution in [2.24, 2.45) is 0 Å². The van der Waals surface area contributed by atoms with Crippen molar-refractivity contribution < 1.29 is 10.1 Å². The monoisotopic (exact) mass is 200 g/mol. The summed E-state index contributed by atoms with van der Waals surface area (Å²) in [6.07, 6.45) is 11.9. The second-order valence-electron chi connectivity index (χ2n) is 4.65. The van der Waals surface area contributed by atoms with Gasteiger partial charge in [0.2, 0.25) is 0 Å². The normalized spacial score (nSPS) is 21.0. The molecule has 0 spiro atoms. The molecule has 0 atom stereocenters. The van der Waals surface area contributed by atoms with E-state index in [1.54, 1.807) is 0 Å². The van der Waals surface area contributed by atoms with Crippen LogP contribution in [0.1, 0.15) is 71.1 Å². The fraction of sp³-hybridized carbons (Fsp3) is 1.00. The van der Waals surface area contributed by atoms with E-state index in [9.17, 15) is 0 Å². The van der Waals surface area contributed by atoms with Crippen LogP contribution in [0.3, 0.4) is 0 Å². The van der Waals surface area contributed by atoms with Crippen molar-refractivity contribution in [3.63, 3.8) is 0 Å². The fourth-order valence-corrected chi connectivity index (χ4v) is 2.46. The van der Waals surface area contributed by atoms with Gasteiger partial charge in [-0.3, -0.25) is 5.26 Å². The lowest BCUT2D eigenvalue weighted by molar-refractivity contribution is -0.332. The molecular formula is C12H24O2. The van der Waals surface area contributed by atoms with Crippen molar-refractivity contribution in [1.82, 2.24) is 0 Å². The summed E-state index contributed by atoms with van der Waals surface area (Å²) in [6, 6.07) is 0. The van der Waals surface area contributed by atoms with Gasteiger partial charge >= 0.3 is 0 Å². The van der Waals surface area contributed by atoms with Crippen LogP contribution in [0.25, 0.3) is 0 Å². The summed E-state index contributed by atoms with van der Waals surface area (Å²) >= 11 is 0. The van der Waals surface area contributed by atoms with Crippen LogP contribution in [0.2, 0.25) is 0 Å². The third-order valence-corrected chi connectivity index (χ3v) is 3.44. The van der Waals surface area contributed by atoms with Gasteiger partial charge in [0.05, 0.1) is 0 Å².